The number of rotatable bonds is 4. The Bertz CT molecular complexity index is 1570. The quantitative estimate of drug-likeness (QED) is 0.442. The van der Waals surface area contributed by atoms with Gasteiger partial charge in [0.25, 0.3) is 0 Å². The SMILES string of the molecule is COc1cncc(-c2ccc3[nH]nc(-c4nc5c(-c6cccnc6)nccc5[nH]4)c3n2)c1. The van der Waals surface area contributed by atoms with Gasteiger partial charge in [-0.3, -0.25) is 20.1 Å². The van der Waals surface area contributed by atoms with Crippen LogP contribution in [0.15, 0.2) is 67.4 Å². The van der Waals surface area contributed by atoms with Crippen molar-refractivity contribution in [1.82, 2.24) is 40.1 Å². The van der Waals surface area contributed by atoms with E-state index < -0.39 is 0 Å². The first-order valence-corrected chi connectivity index (χ1v) is 9.90. The summed E-state index contributed by atoms with van der Waals surface area (Å²) in [5.74, 6) is 1.28. The fourth-order valence-electron chi connectivity index (χ4n) is 3.66. The predicted molar refractivity (Wildman–Crippen MR) is 120 cm³/mol. The third kappa shape index (κ3) is 2.95. The van der Waals surface area contributed by atoms with Crippen LogP contribution in [0.5, 0.6) is 5.75 Å². The van der Waals surface area contributed by atoms with Gasteiger partial charge >= 0.3 is 0 Å². The predicted octanol–water partition coefficient (Wildman–Crippen LogP) is 4.03. The molecule has 0 atom stereocenters. The highest BCUT2D eigenvalue weighted by atomic mass is 16.5. The maximum absolute atomic E-state index is 5.29. The molecule has 0 radical (unpaired) electrons. The highest BCUT2D eigenvalue weighted by molar-refractivity contribution is 5.94. The number of aromatic nitrogens is 8. The van der Waals surface area contributed by atoms with Crippen LogP contribution in [0, 0.1) is 0 Å². The molecule has 0 aromatic carbocycles. The Balaban J connectivity index is 1.50. The third-order valence-electron chi connectivity index (χ3n) is 5.21. The lowest BCUT2D eigenvalue weighted by molar-refractivity contribution is 0.413. The van der Waals surface area contributed by atoms with Crippen LogP contribution in [0.4, 0.5) is 0 Å². The third-order valence-corrected chi connectivity index (χ3v) is 5.21. The normalized spacial score (nSPS) is 11.3. The summed E-state index contributed by atoms with van der Waals surface area (Å²) in [6.07, 6.45) is 8.67. The molecule has 6 aromatic rings. The van der Waals surface area contributed by atoms with Crippen LogP contribution in [0.3, 0.4) is 0 Å². The number of ether oxygens (including phenoxy) is 1. The Morgan fingerprint density at radius 2 is 1.72 bits per heavy atom. The summed E-state index contributed by atoms with van der Waals surface area (Å²) >= 11 is 0. The van der Waals surface area contributed by atoms with Crippen molar-refractivity contribution in [1.29, 1.82) is 0 Å². The van der Waals surface area contributed by atoms with E-state index in [0.717, 1.165) is 39.1 Å². The van der Waals surface area contributed by atoms with Gasteiger partial charge in [0.1, 0.15) is 16.8 Å². The number of aromatic amines is 2. The number of hydrogen-bond donors (Lipinski definition) is 2. The first-order valence-electron chi connectivity index (χ1n) is 9.90. The summed E-state index contributed by atoms with van der Waals surface area (Å²) in [6, 6.07) is 11.5. The number of fused-ring (bicyclic) bond motifs is 2. The van der Waals surface area contributed by atoms with E-state index in [4.69, 9.17) is 14.7 Å². The van der Waals surface area contributed by atoms with Gasteiger partial charge in [0, 0.05) is 35.9 Å². The molecule has 0 aliphatic rings. The second-order valence-electron chi connectivity index (χ2n) is 7.16. The van der Waals surface area contributed by atoms with Crippen LogP contribution in [0.2, 0.25) is 0 Å². The molecule has 0 spiro atoms. The molecule has 154 valence electrons. The topological polar surface area (TPSA) is 118 Å². The zero-order valence-electron chi connectivity index (χ0n) is 16.9. The first-order chi connectivity index (χ1) is 15.8. The second kappa shape index (κ2) is 7.24. The number of hydrogen-bond acceptors (Lipinski definition) is 7. The number of nitrogens with zero attached hydrogens (tertiary/aromatic N) is 6. The van der Waals surface area contributed by atoms with E-state index in [2.05, 4.69) is 30.1 Å². The summed E-state index contributed by atoms with van der Waals surface area (Å²) < 4.78 is 5.29. The lowest BCUT2D eigenvalue weighted by Gasteiger charge is -2.03. The van der Waals surface area contributed by atoms with E-state index in [1.807, 2.05) is 36.4 Å². The molecular weight excluding hydrogens is 404 g/mol. The maximum Gasteiger partial charge on any atom is 0.161 e. The van der Waals surface area contributed by atoms with E-state index in [1.54, 1.807) is 38.1 Å². The van der Waals surface area contributed by atoms with Crippen molar-refractivity contribution in [2.24, 2.45) is 0 Å². The smallest absolute Gasteiger partial charge is 0.161 e. The van der Waals surface area contributed by atoms with E-state index in [0.29, 0.717) is 22.8 Å². The van der Waals surface area contributed by atoms with Crippen molar-refractivity contribution in [3.05, 3.63) is 67.4 Å². The summed E-state index contributed by atoms with van der Waals surface area (Å²) in [5.41, 5.74) is 7.03. The average molecular weight is 420 g/mol. The van der Waals surface area contributed by atoms with Crippen molar-refractivity contribution in [2.75, 3.05) is 7.11 Å². The molecule has 2 N–H and O–H groups in total. The Hall–Kier alpha value is -4.66. The van der Waals surface area contributed by atoms with Crippen LogP contribution in [0.1, 0.15) is 0 Å². The number of methoxy groups -OCH3 is 1. The van der Waals surface area contributed by atoms with Crippen molar-refractivity contribution < 1.29 is 4.74 Å². The number of imidazole rings is 1. The van der Waals surface area contributed by atoms with Gasteiger partial charge in [0.05, 0.1) is 35.7 Å². The average Bonchev–Trinajstić information content (AvgIpc) is 3.48. The van der Waals surface area contributed by atoms with Gasteiger partial charge in [-0.15, -0.1) is 0 Å². The van der Waals surface area contributed by atoms with E-state index in [-0.39, 0.29) is 0 Å². The second-order valence-corrected chi connectivity index (χ2v) is 7.16. The fraction of sp³-hybridized carbons (Fsp3) is 0.0435. The maximum atomic E-state index is 5.29. The lowest BCUT2D eigenvalue weighted by atomic mass is 10.1. The monoisotopic (exact) mass is 420 g/mol. The fourth-order valence-corrected chi connectivity index (χ4v) is 3.66. The van der Waals surface area contributed by atoms with Crippen molar-refractivity contribution >= 4 is 22.1 Å². The molecule has 0 saturated heterocycles. The van der Waals surface area contributed by atoms with Gasteiger partial charge in [0.15, 0.2) is 11.5 Å². The van der Waals surface area contributed by atoms with Gasteiger partial charge in [-0.25, -0.2) is 9.97 Å². The minimum Gasteiger partial charge on any atom is -0.495 e. The minimum absolute atomic E-state index is 0.609. The Kier molecular flexibility index (Phi) is 4.10. The zero-order valence-corrected chi connectivity index (χ0v) is 16.9. The molecule has 0 saturated carbocycles. The molecule has 6 aromatic heterocycles. The summed E-state index contributed by atoms with van der Waals surface area (Å²) in [4.78, 5) is 25.9. The lowest BCUT2D eigenvalue weighted by Crippen LogP contribution is -1.89. The largest absolute Gasteiger partial charge is 0.495 e. The summed E-state index contributed by atoms with van der Waals surface area (Å²) in [6.45, 7) is 0. The first kappa shape index (κ1) is 18.1. The summed E-state index contributed by atoms with van der Waals surface area (Å²) in [7, 11) is 1.61. The van der Waals surface area contributed by atoms with Crippen molar-refractivity contribution in [2.45, 2.75) is 0 Å². The molecule has 9 nitrogen and oxygen atoms in total. The van der Waals surface area contributed by atoms with Crippen LogP contribution in [-0.4, -0.2) is 47.2 Å². The molecule has 6 rings (SSSR count). The molecule has 0 unspecified atom stereocenters. The standard InChI is InChI=1S/C23H16N8O/c1-32-15-9-14(11-25-12-15)16-4-5-18-21(27-16)22(31-30-18)23-28-17-6-8-26-19(20(17)29-23)13-3-2-7-24-10-13/h2-12H,1H3,(H,28,29)(H,30,31). The number of H-pyrrole nitrogens is 2. The van der Waals surface area contributed by atoms with Crippen LogP contribution in [0.25, 0.3) is 56.1 Å². The molecule has 0 aliphatic heterocycles. The molecule has 32 heavy (non-hydrogen) atoms. The number of pyridine rings is 4. The van der Waals surface area contributed by atoms with Crippen molar-refractivity contribution in [3.8, 4) is 39.8 Å². The molecule has 9 heteroatoms. The Labute approximate surface area is 181 Å². The molecular formula is C23H16N8O. The van der Waals surface area contributed by atoms with Crippen molar-refractivity contribution in [3.63, 3.8) is 0 Å². The molecule has 0 amide bonds. The number of nitrogens with one attached hydrogen (secondary N) is 2. The van der Waals surface area contributed by atoms with Gasteiger partial charge < -0.3 is 9.72 Å². The molecule has 0 bridgehead atoms. The molecule has 0 aliphatic carbocycles. The van der Waals surface area contributed by atoms with Crippen LogP contribution >= 0.6 is 0 Å². The Morgan fingerprint density at radius 3 is 2.59 bits per heavy atom. The van der Waals surface area contributed by atoms with Gasteiger partial charge in [-0.2, -0.15) is 5.10 Å². The molecule has 0 fully saturated rings. The van der Waals surface area contributed by atoms with Crippen LogP contribution in [-0.2, 0) is 0 Å². The van der Waals surface area contributed by atoms with Gasteiger partial charge in [-0.05, 0) is 36.4 Å². The van der Waals surface area contributed by atoms with Gasteiger partial charge in [-0.1, -0.05) is 0 Å². The highest BCUT2D eigenvalue weighted by Gasteiger charge is 2.17. The minimum atomic E-state index is 0.609. The molecule has 6 heterocycles. The highest BCUT2D eigenvalue weighted by Crippen LogP contribution is 2.30. The van der Waals surface area contributed by atoms with Gasteiger partial charge in [0.2, 0.25) is 0 Å². The van der Waals surface area contributed by atoms with E-state index in [9.17, 15) is 0 Å². The summed E-state index contributed by atoms with van der Waals surface area (Å²) in [5, 5.41) is 7.52. The van der Waals surface area contributed by atoms with E-state index in [1.165, 1.54) is 0 Å². The van der Waals surface area contributed by atoms with E-state index >= 15 is 0 Å². The Morgan fingerprint density at radius 1 is 0.812 bits per heavy atom. The van der Waals surface area contributed by atoms with Crippen LogP contribution < -0.4 is 4.74 Å². The zero-order chi connectivity index (χ0) is 21.5.